The number of H-pyrrole nitrogens is 1. The highest BCUT2D eigenvalue weighted by Crippen LogP contribution is 2.28. The second-order valence-electron chi connectivity index (χ2n) is 3.96. The molecule has 0 bridgehead atoms. The maximum absolute atomic E-state index is 11.6. The Kier molecular flexibility index (Phi) is 2.53. The summed E-state index contributed by atoms with van der Waals surface area (Å²) in [7, 11) is -3.47. The molecule has 0 unspecified atom stereocenters. The third-order valence-corrected chi connectivity index (χ3v) is 4.06. The fourth-order valence-corrected chi connectivity index (χ4v) is 2.56. The topological polar surface area (TPSA) is 101 Å². The molecule has 1 aromatic heterocycles. The highest BCUT2D eigenvalue weighted by Gasteiger charge is 2.33. The Morgan fingerprint density at radius 2 is 2.33 bits per heavy atom. The van der Waals surface area contributed by atoms with Crippen LogP contribution < -0.4 is 10.5 Å². The monoisotopic (exact) mass is 230 g/mol. The lowest BCUT2D eigenvalue weighted by molar-refractivity contribution is 0.251. The van der Waals surface area contributed by atoms with E-state index in [9.17, 15) is 8.42 Å². The molecule has 1 fully saturated rings. The SMILES string of the molecule is NC1(CNS(=O)(=O)c2ccn[nH]2)CCC1. The average Bonchev–Trinajstić information content (AvgIpc) is 2.65. The molecule has 0 radical (unpaired) electrons. The first-order chi connectivity index (χ1) is 7.02. The van der Waals surface area contributed by atoms with Gasteiger partial charge in [-0.3, -0.25) is 5.10 Å². The molecule has 1 aliphatic rings. The molecule has 2 rings (SSSR count). The number of rotatable bonds is 4. The van der Waals surface area contributed by atoms with E-state index in [2.05, 4.69) is 14.9 Å². The summed E-state index contributed by atoms with van der Waals surface area (Å²) in [6, 6.07) is 1.41. The van der Waals surface area contributed by atoms with Gasteiger partial charge in [0.25, 0.3) is 10.0 Å². The minimum Gasteiger partial charge on any atom is -0.324 e. The minimum atomic E-state index is -3.47. The first-order valence-corrected chi connectivity index (χ1v) is 6.28. The van der Waals surface area contributed by atoms with Crippen molar-refractivity contribution in [2.24, 2.45) is 5.73 Å². The van der Waals surface area contributed by atoms with Gasteiger partial charge in [-0.2, -0.15) is 5.10 Å². The molecule has 7 heteroatoms. The first kappa shape index (κ1) is 10.6. The zero-order valence-electron chi connectivity index (χ0n) is 8.23. The smallest absolute Gasteiger partial charge is 0.257 e. The summed E-state index contributed by atoms with van der Waals surface area (Å²) in [6.45, 7) is 0.286. The molecule has 0 aliphatic heterocycles. The van der Waals surface area contributed by atoms with E-state index >= 15 is 0 Å². The summed E-state index contributed by atoms with van der Waals surface area (Å²) in [5, 5.41) is 6.07. The van der Waals surface area contributed by atoms with Crippen LogP contribution in [0.5, 0.6) is 0 Å². The highest BCUT2D eigenvalue weighted by molar-refractivity contribution is 7.89. The summed E-state index contributed by atoms with van der Waals surface area (Å²) in [4.78, 5) is 0. The quantitative estimate of drug-likeness (QED) is 0.653. The number of aromatic amines is 1. The van der Waals surface area contributed by atoms with Crippen molar-refractivity contribution in [1.29, 1.82) is 0 Å². The molecule has 0 atom stereocenters. The van der Waals surface area contributed by atoms with Crippen molar-refractivity contribution in [3.63, 3.8) is 0 Å². The molecule has 1 saturated carbocycles. The van der Waals surface area contributed by atoms with E-state index in [4.69, 9.17) is 5.73 Å². The molecular formula is C8H14N4O2S. The highest BCUT2D eigenvalue weighted by atomic mass is 32.2. The van der Waals surface area contributed by atoms with Crippen LogP contribution in [0.4, 0.5) is 0 Å². The lowest BCUT2D eigenvalue weighted by Gasteiger charge is -2.37. The van der Waals surface area contributed by atoms with E-state index in [1.54, 1.807) is 0 Å². The van der Waals surface area contributed by atoms with Crippen molar-refractivity contribution in [3.05, 3.63) is 12.3 Å². The molecule has 1 heterocycles. The van der Waals surface area contributed by atoms with Crippen molar-refractivity contribution < 1.29 is 8.42 Å². The molecule has 1 aliphatic carbocycles. The predicted molar refractivity (Wildman–Crippen MR) is 54.5 cm³/mol. The second kappa shape index (κ2) is 3.58. The molecule has 6 nitrogen and oxygen atoms in total. The second-order valence-corrected chi connectivity index (χ2v) is 5.70. The van der Waals surface area contributed by atoms with E-state index < -0.39 is 10.0 Å². The summed E-state index contributed by atoms with van der Waals surface area (Å²) >= 11 is 0. The molecule has 4 N–H and O–H groups in total. The molecule has 1 aromatic rings. The van der Waals surface area contributed by atoms with Gasteiger partial charge in [-0.15, -0.1) is 0 Å². The average molecular weight is 230 g/mol. The van der Waals surface area contributed by atoms with Gasteiger partial charge in [0.05, 0.1) is 6.20 Å². The molecule has 84 valence electrons. The van der Waals surface area contributed by atoms with Gasteiger partial charge >= 0.3 is 0 Å². The third-order valence-electron chi connectivity index (χ3n) is 2.73. The first-order valence-electron chi connectivity index (χ1n) is 4.80. The van der Waals surface area contributed by atoms with Crippen LogP contribution in [0, 0.1) is 0 Å². The zero-order chi connectivity index (χ0) is 10.9. The standard InChI is InChI=1S/C8H14N4O2S/c9-8(3-1-4-8)6-11-15(13,14)7-2-5-10-12-7/h2,5,11H,1,3-4,6,9H2,(H,10,12). The number of hydrogen-bond acceptors (Lipinski definition) is 4. The Hall–Kier alpha value is -0.920. The van der Waals surface area contributed by atoms with Crippen molar-refractivity contribution in [3.8, 4) is 0 Å². The number of nitrogens with zero attached hydrogens (tertiary/aromatic N) is 1. The van der Waals surface area contributed by atoms with Crippen LogP contribution in [-0.4, -0.2) is 30.7 Å². The van der Waals surface area contributed by atoms with E-state index in [1.165, 1.54) is 12.3 Å². The fraction of sp³-hybridized carbons (Fsp3) is 0.625. The van der Waals surface area contributed by atoms with E-state index in [0.29, 0.717) is 0 Å². The van der Waals surface area contributed by atoms with Crippen LogP contribution in [-0.2, 0) is 10.0 Å². The van der Waals surface area contributed by atoms with Crippen LogP contribution in [0.3, 0.4) is 0 Å². The van der Waals surface area contributed by atoms with Gasteiger partial charge in [0.1, 0.15) is 0 Å². The molecule has 0 amide bonds. The Labute approximate surface area is 88.3 Å². The molecular weight excluding hydrogens is 216 g/mol. The fourth-order valence-electron chi connectivity index (χ4n) is 1.52. The Balaban J connectivity index is 2.00. The van der Waals surface area contributed by atoms with Crippen molar-refractivity contribution in [2.45, 2.75) is 29.8 Å². The Morgan fingerprint density at radius 1 is 1.60 bits per heavy atom. The predicted octanol–water partition coefficient (Wildman–Crippen LogP) is -0.431. The van der Waals surface area contributed by atoms with E-state index in [0.717, 1.165) is 19.3 Å². The maximum atomic E-state index is 11.6. The minimum absolute atomic E-state index is 0.0745. The van der Waals surface area contributed by atoms with Gasteiger partial charge in [-0.1, -0.05) is 0 Å². The van der Waals surface area contributed by atoms with Crippen LogP contribution in [0.1, 0.15) is 19.3 Å². The summed E-state index contributed by atoms with van der Waals surface area (Å²) in [5.41, 5.74) is 5.56. The summed E-state index contributed by atoms with van der Waals surface area (Å²) in [6.07, 6.45) is 4.22. The number of aromatic nitrogens is 2. The molecule has 15 heavy (non-hydrogen) atoms. The van der Waals surface area contributed by atoms with Crippen molar-refractivity contribution in [1.82, 2.24) is 14.9 Å². The normalized spacial score (nSPS) is 19.8. The molecule has 0 saturated heterocycles. The zero-order valence-corrected chi connectivity index (χ0v) is 9.05. The largest absolute Gasteiger partial charge is 0.324 e. The van der Waals surface area contributed by atoms with Gasteiger partial charge in [-0.05, 0) is 25.3 Å². The van der Waals surface area contributed by atoms with Crippen molar-refractivity contribution in [2.75, 3.05) is 6.54 Å². The van der Waals surface area contributed by atoms with Gasteiger partial charge in [0, 0.05) is 12.1 Å². The van der Waals surface area contributed by atoms with Crippen LogP contribution in [0.25, 0.3) is 0 Å². The van der Waals surface area contributed by atoms with Gasteiger partial charge < -0.3 is 5.73 Å². The summed E-state index contributed by atoms with van der Waals surface area (Å²) < 4.78 is 25.8. The van der Waals surface area contributed by atoms with E-state index in [1.807, 2.05) is 0 Å². The Morgan fingerprint density at radius 3 is 2.80 bits per heavy atom. The van der Waals surface area contributed by atoms with Crippen LogP contribution in [0.2, 0.25) is 0 Å². The van der Waals surface area contributed by atoms with Gasteiger partial charge in [-0.25, -0.2) is 13.1 Å². The lowest BCUT2D eigenvalue weighted by atomic mass is 9.78. The number of nitrogens with two attached hydrogens (primary N) is 1. The van der Waals surface area contributed by atoms with Crippen LogP contribution >= 0.6 is 0 Å². The maximum Gasteiger partial charge on any atom is 0.257 e. The molecule has 0 aromatic carbocycles. The molecule has 0 spiro atoms. The number of sulfonamides is 1. The van der Waals surface area contributed by atoms with Gasteiger partial charge in [0.15, 0.2) is 5.03 Å². The number of hydrogen-bond donors (Lipinski definition) is 3. The third kappa shape index (κ3) is 2.19. The van der Waals surface area contributed by atoms with Crippen LogP contribution in [0.15, 0.2) is 17.3 Å². The summed E-state index contributed by atoms with van der Waals surface area (Å²) in [5.74, 6) is 0. The van der Waals surface area contributed by atoms with Crippen molar-refractivity contribution >= 4 is 10.0 Å². The Bertz CT molecular complexity index is 422. The lowest BCUT2D eigenvalue weighted by Crippen LogP contribution is -2.54. The van der Waals surface area contributed by atoms with E-state index in [-0.39, 0.29) is 17.1 Å². The van der Waals surface area contributed by atoms with Gasteiger partial charge in [0.2, 0.25) is 0 Å². The number of nitrogens with one attached hydrogen (secondary N) is 2.